The van der Waals surface area contributed by atoms with E-state index in [4.69, 9.17) is 5.10 Å². The molecule has 198 valence electrons. The van der Waals surface area contributed by atoms with Crippen molar-refractivity contribution >= 4 is 17.3 Å². The minimum absolute atomic E-state index is 0.358. The van der Waals surface area contributed by atoms with E-state index in [0.717, 1.165) is 70.1 Å². The van der Waals surface area contributed by atoms with Crippen LogP contribution in [0.3, 0.4) is 0 Å². The molecule has 1 aromatic carbocycles. The molecule has 1 saturated carbocycles. The molecule has 1 fully saturated rings. The average Bonchev–Trinajstić information content (AvgIpc) is 3.60. The monoisotopic (exact) mass is 544 g/mol. The Morgan fingerprint density at radius 2 is 1.75 bits per heavy atom. The summed E-state index contributed by atoms with van der Waals surface area (Å²) in [5.74, 6) is 0. The Hall–Kier alpha value is -4.44. The Bertz CT molecular complexity index is 1730. The third-order valence-corrected chi connectivity index (χ3v) is 8.73. The fraction of sp³-hybridized carbons (Fsp3) is 0.258. The molecule has 0 atom stereocenters. The van der Waals surface area contributed by atoms with E-state index in [1.54, 1.807) is 10.7 Å². The van der Waals surface area contributed by atoms with E-state index in [0.29, 0.717) is 23.2 Å². The summed E-state index contributed by atoms with van der Waals surface area (Å²) in [6.07, 6.45) is 11.7. The number of aromatic nitrogens is 5. The van der Waals surface area contributed by atoms with Gasteiger partial charge >= 0.3 is 0 Å². The molecule has 4 heterocycles. The summed E-state index contributed by atoms with van der Waals surface area (Å²) < 4.78 is 3.94. The highest BCUT2D eigenvalue weighted by Crippen LogP contribution is 2.38. The van der Waals surface area contributed by atoms with Gasteiger partial charge in [-0.1, -0.05) is 30.0 Å². The van der Waals surface area contributed by atoms with Crippen LogP contribution in [0, 0.1) is 29.6 Å². The lowest BCUT2D eigenvalue weighted by Crippen LogP contribution is -2.34. The molecule has 1 aliphatic carbocycles. The van der Waals surface area contributed by atoms with E-state index in [9.17, 15) is 10.5 Å². The predicted octanol–water partition coefficient (Wildman–Crippen LogP) is 6.07. The Morgan fingerprint density at radius 3 is 2.52 bits per heavy atom. The number of benzene rings is 1. The zero-order valence-corrected chi connectivity index (χ0v) is 23.0. The van der Waals surface area contributed by atoms with E-state index in [1.807, 2.05) is 55.0 Å². The van der Waals surface area contributed by atoms with E-state index >= 15 is 0 Å². The molecule has 4 aromatic heterocycles. The van der Waals surface area contributed by atoms with E-state index in [2.05, 4.69) is 51.3 Å². The Kier molecular flexibility index (Phi) is 7.33. The van der Waals surface area contributed by atoms with Gasteiger partial charge in [-0.15, -0.1) is 0 Å². The van der Waals surface area contributed by atoms with Crippen molar-refractivity contribution in [2.24, 2.45) is 0 Å². The topological polar surface area (TPSA) is 108 Å². The van der Waals surface area contributed by atoms with Crippen LogP contribution in [0.25, 0.3) is 16.6 Å². The SMILES string of the molecule is Cc1c(-c2cc(Sc3ccccc3C#N)c3c(C#N)cnn3c2)cnn1[C@H]1CC[C@@H](NCc2ccccn2)CC1. The van der Waals surface area contributed by atoms with Crippen LogP contribution in [0.15, 0.2) is 83.1 Å². The lowest BCUT2D eigenvalue weighted by Gasteiger charge is -2.30. The lowest BCUT2D eigenvalue weighted by atomic mass is 9.91. The molecule has 5 aromatic rings. The fourth-order valence-corrected chi connectivity index (χ4v) is 6.60. The minimum atomic E-state index is 0.358. The van der Waals surface area contributed by atoms with Crippen molar-refractivity contribution in [3.05, 3.63) is 95.8 Å². The smallest absolute Gasteiger partial charge is 0.103 e. The molecular weight excluding hydrogens is 516 g/mol. The Balaban J connectivity index is 1.24. The van der Waals surface area contributed by atoms with Gasteiger partial charge < -0.3 is 5.32 Å². The zero-order chi connectivity index (χ0) is 27.5. The van der Waals surface area contributed by atoms with Crippen molar-refractivity contribution in [2.75, 3.05) is 0 Å². The van der Waals surface area contributed by atoms with Crippen LogP contribution >= 0.6 is 11.8 Å². The standard InChI is InChI=1S/C31H28N8S/c1-21-28(19-37-39(21)27-11-9-25(10-12-27)35-18-26-7-4-5-13-34-26)23-14-30(31-24(16-33)17-36-38(31)20-23)40-29-8-3-2-6-22(29)15-32/h2-8,13-14,17,19-20,25,27,35H,9-12,18H2,1H3/t25-,27+. The number of nitriles is 2. The van der Waals surface area contributed by atoms with Gasteiger partial charge in [0.15, 0.2) is 0 Å². The van der Waals surface area contributed by atoms with Crippen LogP contribution in [-0.2, 0) is 6.54 Å². The number of rotatable bonds is 7. The largest absolute Gasteiger partial charge is 0.308 e. The van der Waals surface area contributed by atoms with Crippen LogP contribution in [0.1, 0.15) is 54.2 Å². The Labute approximate surface area is 237 Å². The predicted molar refractivity (Wildman–Crippen MR) is 154 cm³/mol. The summed E-state index contributed by atoms with van der Waals surface area (Å²) in [6, 6.07) is 21.0. The zero-order valence-electron chi connectivity index (χ0n) is 22.2. The van der Waals surface area contributed by atoms with Gasteiger partial charge in [0.1, 0.15) is 12.1 Å². The van der Waals surface area contributed by atoms with Gasteiger partial charge in [-0.25, -0.2) is 4.52 Å². The molecule has 0 aliphatic heterocycles. The first-order valence-electron chi connectivity index (χ1n) is 13.4. The second-order valence-corrected chi connectivity index (χ2v) is 11.1. The van der Waals surface area contributed by atoms with Crippen LogP contribution in [0.2, 0.25) is 0 Å². The van der Waals surface area contributed by atoms with Crippen molar-refractivity contribution in [1.82, 2.24) is 29.7 Å². The number of hydrogen-bond acceptors (Lipinski definition) is 7. The van der Waals surface area contributed by atoms with E-state index < -0.39 is 0 Å². The van der Waals surface area contributed by atoms with Gasteiger partial charge in [0.2, 0.25) is 0 Å². The number of fused-ring (bicyclic) bond motifs is 1. The third kappa shape index (κ3) is 5.10. The first kappa shape index (κ1) is 25.8. The van der Waals surface area contributed by atoms with Crippen LogP contribution in [-0.4, -0.2) is 30.4 Å². The van der Waals surface area contributed by atoms with Gasteiger partial charge in [-0.3, -0.25) is 9.67 Å². The number of hydrogen-bond donors (Lipinski definition) is 1. The highest BCUT2D eigenvalue weighted by atomic mass is 32.2. The summed E-state index contributed by atoms with van der Waals surface area (Å²) in [5.41, 5.74) is 6.05. The van der Waals surface area contributed by atoms with Crippen LogP contribution in [0.4, 0.5) is 0 Å². The summed E-state index contributed by atoms with van der Waals surface area (Å²) in [7, 11) is 0. The molecule has 1 aliphatic rings. The summed E-state index contributed by atoms with van der Waals surface area (Å²) in [6.45, 7) is 2.92. The molecule has 0 amide bonds. The maximum absolute atomic E-state index is 9.72. The van der Waals surface area contributed by atoms with Crippen molar-refractivity contribution in [1.29, 1.82) is 10.5 Å². The quantitative estimate of drug-likeness (QED) is 0.265. The first-order chi connectivity index (χ1) is 19.6. The van der Waals surface area contributed by atoms with E-state index in [-0.39, 0.29) is 0 Å². The molecule has 0 radical (unpaired) electrons. The molecule has 9 heteroatoms. The maximum Gasteiger partial charge on any atom is 0.103 e. The van der Waals surface area contributed by atoms with Crippen LogP contribution in [0.5, 0.6) is 0 Å². The molecule has 0 unspecified atom stereocenters. The van der Waals surface area contributed by atoms with Crippen molar-refractivity contribution < 1.29 is 0 Å². The highest BCUT2D eigenvalue weighted by Gasteiger charge is 2.25. The Morgan fingerprint density at radius 1 is 0.950 bits per heavy atom. The number of pyridine rings is 2. The second kappa shape index (κ2) is 11.4. The summed E-state index contributed by atoms with van der Waals surface area (Å²) in [5, 5.41) is 32.3. The average molecular weight is 545 g/mol. The van der Waals surface area contributed by atoms with Gasteiger partial charge in [0.25, 0.3) is 0 Å². The fourth-order valence-electron chi connectivity index (χ4n) is 5.51. The molecule has 0 saturated heterocycles. The van der Waals surface area contributed by atoms with Crippen LogP contribution < -0.4 is 5.32 Å². The van der Waals surface area contributed by atoms with Crippen molar-refractivity contribution in [2.45, 2.75) is 61.0 Å². The van der Waals surface area contributed by atoms with Gasteiger partial charge in [-0.05, 0) is 62.9 Å². The van der Waals surface area contributed by atoms with Crippen molar-refractivity contribution in [3.63, 3.8) is 0 Å². The van der Waals surface area contributed by atoms with Gasteiger partial charge in [-0.2, -0.15) is 20.7 Å². The molecule has 0 spiro atoms. The van der Waals surface area contributed by atoms with Gasteiger partial charge in [0, 0.05) is 51.6 Å². The lowest BCUT2D eigenvalue weighted by molar-refractivity contribution is 0.272. The van der Waals surface area contributed by atoms with E-state index in [1.165, 1.54) is 11.8 Å². The summed E-state index contributed by atoms with van der Waals surface area (Å²) >= 11 is 1.48. The molecule has 1 N–H and O–H groups in total. The second-order valence-electron chi connectivity index (χ2n) is 10.1. The molecule has 0 bridgehead atoms. The summed E-state index contributed by atoms with van der Waals surface area (Å²) in [4.78, 5) is 6.14. The van der Waals surface area contributed by atoms with Gasteiger partial charge in [0.05, 0.1) is 40.8 Å². The third-order valence-electron chi connectivity index (χ3n) is 7.62. The molecule has 6 rings (SSSR count). The maximum atomic E-state index is 9.72. The minimum Gasteiger partial charge on any atom is -0.308 e. The number of nitrogens with one attached hydrogen (secondary N) is 1. The molecule has 8 nitrogen and oxygen atoms in total. The number of nitrogens with zero attached hydrogens (tertiary/aromatic N) is 7. The molecular formula is C31H28N8S. The molecule has 40 heavy (non-hydrogen) atoms. The highest BCUT2D eigenvalue weighted by molar-refractivity contribution is 7.99. The van der Waals surface area contributed by atoms with Crippen molar-refractivity contribution in [3.8, 4) is 23.3 Å². The first-order valence-corrected chi connectivity index (χ1v) is 14.2. The normalized spacial score (nSPS) is 17.0.